The van der Waals surface area contributed by atoms with E-state index in [1.807, 2.05) is 18.7 Å². The van der Waals surface area contributed by atoms with Crippen molar-refractivity contribution in [3.63, 3.8) is 0 Å². The van der Waals surface area contributed by atoms with Crippen LogP contribution in [0.5, 0.6) is 0 Å². The first kappa shape index (κ1) is 19.7. The molecule has 8 nitrogen and oxygen atoms in total. The lowest BCUT2D eigenvalue weighted by Gasteiger charge is -2.32. The van der Waals surface area contributed by atoms with Crippen molar-refractivity contribution >= 4 is 23.3 Å². The SMILES string of the molecule is CC[C@H](C)NC(=O)COC(=O)C1CCN(c2ccccc2[N+](=O)[O-])CC1. The van der Waals surface area contributed by atoms with Gasteiger partial charge in [-0.3, -0.25) is 19.7 Å². The maximum absolute atomic E-state index is 12.1. The number of benzene rings is 1. The van der Waals surface area contributed by atoms with Crippen molar-refractivity contribution in [3.8, 4) is 0 Å². The monoisotopic (exact) mass is 363 g/mol. The van der Waals surface area contributed by atoms with Crippen molar-refractivity contribution in [2.45, 2.75) is 39.2 Å². The van der Waals surface area contributed by atoms with Crippen molar-refractivity contribution < 1.29 is 19.2 Å². The third-order valence-corrected chi connectivity index (χ3v) is 4.61. The molecule has 1 atom stereocenters. The van der Waals surface area contributed by atoms with Gasteiger partial charge in [0.15, 0.2) is 6.61 Å². The molecule has 8 heteroatoms. The lowest BCUT2D eigenvalue weighted by atomic mass is 9.96. The van der Waals surface area contributed by atoms with E-state index in [-0.39, 0.29) is 36.1 Å². The van der Waals surface area contributed by atoms with Gasteiger partial charge in [-0.05, 0) is 32.3 Å². The molecule has 1 amide bonds. The van der Waals surface area contributed by atoms with Gasteiger partial charge in [0.2, 0.25) is 0 Å². The molecule has 142 valence electrons. The zero-order valence-corrected chi connectivity index (χ0v) is 15.1. The van der Waals surface area contributed by atoms with Gasteiger partial charge in [0.1, 0.15) is 5.69 Å². The van der Waals surface area contributed by atoms with Crippen LogP contribution in [-0.2, 0) is 14.3 Å². The summed E-state index contributed by atoms with van der Waals surface area (Å²) in [4.78, 5) is 36.5. The summed E-state index contributed by atoms with van der Waals surface area (Å²) >= 11 is 0. The minimum absolute atomic E-state index is 0.0473. The summed E-state index contributed by atoms with van der Waals surface area (Å²) in [6, 6.07) is 6.64. The predicted molar refractivity (Wildman–Crippen MR) is 96.9 cm³/mol. The number of hydrogen-bond acceptors (Lipinski definition) is 6. The van der Waals surface area contributed by atoms with Crippen LogP contribution in [0.25, 0.3) is 0 Å². The quantitative estimate of drug-likeness (QED) is 0.453. The number of nitrogens with zero attached hydrogens (tertiary/aromatic N) is 2. The van der Waals surface area contributed by atoms with Gasteiger partial charge in [0.25, 0.3) is 11.6 Å². The van der Waals surface area contributed by atoms with Crippen LogP contribution in [0.2, 0.25) is 0 Å². The summed E-state index contributed by atoms with van der Waals surface area (Å²) in [5.74, 6) is -0.970. The van der Waals surface area contributed by atoms with Crippen molar-refractivity contribution in [3.05, 3.63) is 34.4 Å². The highest BCUT2D eigenvalue weighted by Crippen LogP contribution is 2.31. The fourth-order valence-corrected chi connectivity index (χ4v) is 2.92. The Kier molecular flexibility index (Phi) is 6.94. The van der Waals surface area contributed by atoms with Gasteiger partial charge in [-0.2, -0.15) is 0 Å². The summed E-state index contributed by atoms with van der Waals surface area (Å²) < 4.78 is 5.11. The molecule has 0 unspecified atom stereocenters. The van der Waals surface area contributed by atoms with E-state index in [1.165, 1.54) is 6.07 Å². The van der Waals surface area contributed by atoms with Crippen molar-refractivity contribution in [2.75, 3.05) is 24.6 Å². The van der Waals surface area contributed by atoms with Gasteiger partial charge >= 0.3 is 5.97 Å². The van der Waals surface area contributed by atoms with Gasteiger partial charge in [-0.25, -0.2) is 0 Å². The largest absolute Gasteiger partial charge is 0.455 e. The molecule has 26 heavy (non-hydrogen) atoms. The molecule has 1 aromatic carbocycles. The Labute approximate surface area is 152 Å². The van der Waals surface area contributed by atoms with E-state index in [1.54, 1.807) is 18.2 Å². The standard InChI is InChI=1S/C18H25N3O5/c1-3-13(2)19-17(22)12-26-18(23)14-8-10-20(11-9-14)15-6-4-5-7-16(15)21(24)25/h4-7,13-14H,3,8-12H2,1-2H3,(H,19,22)/t13-/m0/s1. The minimum Gasteiger partial charge on any atom is -0.455 e. The number of carbonyl (C=O) groups is 2. The lowest BCUT2D eigenvalue weighted by molar-refractivity contribution is -0.384. The number of ether oxygens (including phenoxy) is 1. The van der Waals surface area contributed by atoms with Crippen LogP contribution in [0, 0.1) is 16.0 Å². The lowest BCUT2D eigenvalue weighted by Crippen LogP contribution is -2.39. The van der Waals surface area contributed by atoms with E-state index in [2.05, 4.69) is 5.32 Å². The van der Waals surface area contributed by atoms with E-state index < -0.39 is 4.92 Å². The van der Waals surface area contributed by atoms with Crippen molar-refractivity contribution in [1.29, 1.82) is 0 Å². The number of nitrogens with one attached hydrogen (secondary N) is 1. The van der Waals surface area contributed by atoms with Gasteiger partial charge in [-0.1, -0.05) is 19.1 Å². The summed E-state index contributed by atoms with van der Waals surface area (Å²) in [5, 5.41) is 13.9. The second-order valence-electron chi connectivity index (χ2n) is 6.49. The van der Waals surface area contributed by atoms with Crippen LogP contribution in [0.1, 0.15) is 33.1 Å². The molecule has 1 aromatic rings. The van der Waals surface area contributed by atoms with Crippen LogP contribution < -0.4 is 10.2 Å². The Morgan fingerprint density at radius 1 is 1.35 bits per heavy atom. The highest BCUT2D eigenvalue weighted by atomic mass is 16.6. The average Bonchev–Trinajstić information content (AvgIpc) is 2.66. The molecule has 0 radical (unpaired) electrons. The second-order valence-corrected chi connectivity index (χ2v) is 6.49. The Morgan fingerprint density at radius 2 is 2.00 bits per heavy atom. The number of esters is 1. The molecule has 2 rings (SSSR count). The molecule has 1 fully saturated rings. The number of anilines is 1. The van der Waals surface area contributed by atoms with E-state index in [0.29, 0.717) is 31.6 Å². The fraction of sp³-hybridized carbons (Fsp3) is 0.556. The smallest absolute Gasteiger partial charge is 0.309 e. The normalized spacial score (nSPS) is 16.0. The zero-order valence-electron chi connectivity index (χ0n) is 15.1. The number of piperidine rings is 1. The number of amides is 1. The number of carbonyl (C=O) groups excluding carboxylic acids is 2. The fourth-order valence-electron chi connectivity index (χ4n) is 2.92. The van der Waals surface area contributed by atoms with Gasteiger partial charge in [-0.15, -0.1) is 0 Å². The molecule has 0 bridgehead atoms. The second kappa shape index (κ2) is 9.17. The van der Waals surface area contributed by atoms with Crippen LogP contribution in [0.3, 0.4) is 0 Å². The van der Waals surface area contributed by atoms with Crippen molar-refractivity contribution in [1.82, 2.24) is 5.32 Å². The highest BCUT2D eigenvalue weighted by Gasteiger charge is 2.29. The van der Waals surface area contributed by atoms with Crippen LogP contribution in [0.4, 0.5) is 11.4 Å². The third kappa shape index (κ3) is 5.18. The van der Waals surface area contributed by atoms with Crippen LogP contribution in [0.15, 0.2) is 24.3 Å². The first-order chi connectivity index (χ1) is 12.4. The number of para-hydroxylation sites is 2. The Bertz CT molecular complexity index is 656. The maximum Gasteiger partial charge on any atom is 0.309 e. The van der Waals surface area contributed by atoms with E-state index in [4.69, 9.17) is 4.74 Å². The zero-order chi connectivity index (χ0) is 19.1. The Hall–Kier alpha value is -2.64. The topological polar surface area (TPSA) is 102 Å². The summed E-state index contributed by atoms with van der Waals surface area (Å²) in [5.41, 5.74) is 0.632. The molecule has 0 aliphatic carbocycles. The van der Waals surface area contributed by atoms with Gasteiger partial charge in [0.05, 0.1) is 10.8 Å². The van der Waals surface area contributed by atoms with E-state index in [9.17, 15) is 19.7 Å². The van der Waals surface area contributed by atoms with E-state index >= 15 is 0 Å². The predicted octanol–water partition coefficient (Wildman–Crippen LogP) is 2.27. The maximum atomic E-state index is 12.1. The van der Waals surface area contributed by atoms with Crippen molar-refractivity contribution in [2.24, 2.45) is 5.92 Å². The Morgan fingerprint density at radius 3 is 2.62 bits per heavy atom. The molecule has 1 aliphatic rings. The number of rotatable bonds is 7. The summed E-state index contributed by atoms with van der Waals surface area (Å²) in [7, 11) is 0. The van der Waals surface area contributed by atoms with E-state index in [0.717, 1.165) is 6.42 Å². The first-order valence-electron chi connectivity index (χ1n) is 8.86. The van der Waals surface area contributed by atoms with Crippen LogP contribution >= 0.6 is 0 Å². The molecule has 1 aliphatic heterocycles. The molecule has 1 saturated heterocycles. The summed E-state index contributed by atoms with van der Waals surface area (Å²) in [6.07, 6.45) is 1.89. The Balaban J connectivity index is 1.84. The molecular formula is C18H25N3O5. The highest BCUT2D eigenvalue weighted by molar-refractivity contribution is 5.81. The molecule has 1 N–H and O–H groups in total. The van der Waals surface area contributed by atoms with Gasteiger partial charge < -0.3 is 15.0 Å². The number of nitro groups is 1. The average molecular weight is 363 g/mol. The molecule has 0 saturated carbocycles. The number of hydrogen-bond donors (Lipinski definition) is 1. The molecular weight excluding hydrogens is 338 g/mol. The molecule has 0 aromatic heterocycles. The van der Waals surface area contributed by atoms with Gasteiger partial charge in [0, 0.05) is 25.2 Å². The number of nitro benzene ring substituents is 1. The summed E-state index contributed by atoms with van der Waals surface area (Å²) in [6.45, 7) is 4.64. The first-order valence-corrected chi connectivity index (χ1v) is 8.86. The van der Waals surface area contributed by atoms with Crippen LogP contribution in [-0.4, -0.2) is 42.5 Å². The minimum atomic E-state index is -0.397. The molecule has 0 spiro atoms. The molecule has 1 heterocycles. The third-order valence-electron chi connectivity index (χ3n) is 4.61.